The van der Waals surface area contributed by atoms with Gasteiger partial charge in [0, 0.05) is 0 Å². The highest BCUT2D eigenvalue weighted by atomic mass is 16.6. The molecule has 0 radical (unpaired) electrons. The Hall–Kier alpha value is -1.91. The number of hydrogen-bond acceptors (Lipinski definition) is 4. The molecule has 12 heavy (non-hydrogen) atoms. The molecule has 0 saturated heterocycles. The van der Waals surface area contributed by atoms with Gasteiger partial charge in [-0.25, -0.2) is 4.79 Å². The lowest BCUT2D eigenvalue weighted by Gasteiger charge is -1.80. The van der Waals surface area contributed by atoms with Gasteiger partial charge >= 0.3 is 5.91 Å². The van der Waals surface area contributed by atoms with E-state index in [1.165, 1.54) is 12.3 Å². The summed E-state index contributed by atoms with van der Waals surface area (Å²) in [5.41, 5.74) is 0. The first kappa shape index (κ1) is 8.19. The van der Waals surface area contributed by atoms with E-state index >= 15 is 0 Å². The summed E-state index contributed by atoms with van der Waals surface area (Å²) in [6.45, 7) is 0. The molecule has 0 bridgehead atoms. The Bertz CT molecular complexity index is 312. The zero-order chi connectivity index (χ0) is 8.97. The second-order valence-corrected chi connectivity index (χ2v) is 1.94. The molecule has 0 unspecified atom stereocenters. The van der Waals surface area contributed by atoms with E-state index in [1.54, 1.807) is 12.1 Å². The molecule has 1 aromatic heterocycles. The molecule has 5 heteroatoms. The maximum absolute atomic E-state index is 10.4. The molecule has 0 atom stereocenters. The van der Waals surface area contributed by atoms with Gasteiger partial charge in [0.25, 0.3) is 0 Å². The number of rotatable bonds is 2. The van der Waals surface area contributed by atoms with E-state index in [9.17, 15) is 14.9 Å². The maximum atomic E-state index is 10.4. The number of carbonyl (C=O) groups is 1. The molecule has 0 fully saturated rings. The second kappa shape index (κ2) is 3.47. The highest BCUT2D eigenvalue weighted by molar-refractivity contribution is 5.84. The molecular formula is C7H5NO4. The monoisotopic (exact) mass is 167 g/mol. The number of nitro groups is 1. The fourth-order valence-corrected chi connectivity index (χ4v) is 0.600. The van der Waals surface area contributed by atoms with Crippen molar-refractivity contribution in [1.29, 1.82) is 0 Å². The normalized spacial score (nSPS) is 10.3. The molecular weight excluding hydrogens is 162 g/mol. The predicted molar refractivity (Wildman–Crippen MR) is 39.7 cm³/mol. The van der Waals surface area contributed by atoms with Crippen LogP contribution >= 0.6 is 0 Å². The van der Waals surface area contributed by atoms with Gasteiger partial charge in [0.05, 0.1) is 12.3 Å². The van der Waals surface area contributed by atoms with Crippen molar-refractivity contribution in [3.8, 4) is 0 Å². The Morgan fingerprint density at radius 1 is 1.67 bits per heavy atom. The SMILES string of the molecule is O=C(C=Cc1ccco1)[N+](=O)[O-]. The molecule has 0 aliphatic carbocycles. The third-order valence-corrected chi connectivity index (χ3v) is 1.11. The number of nitrogens with zero attached hydrogens (tertiary/aromatic N) is 1. The average molecular weight is 167 g/mol. The highest BCUT2D eigenvalue weighted by Gasteiger charge is 2.08. The van der Waals surface area contributed by atoms with Crippen LogP contribution in [0.5, 0.6) is 0 Å². The number of amides is 1. The van der Waals surface area contributed by atoms with Gasteiger partial charge in [0.1, 0.15) is 10.7 Å². The first-order chi connectivity index (χ1) is 5.70. The lowest BCUT2D eigenvalue weighted by molar-refractivity contribution is -0.395. The van der Waals surface area contributed by atoms with Gasteiger partial charge in [0.15, 0.2) is 0 Å². The average Bonchev–Trinajstić information content (AvgIpc) is 2.51. The van der Waals surface area contributed by atoms with Crippen molar-refractivity contribution in [2.75, 3.05) is 0 Å². The molecule has 0 aliphatic rings. The minimum Gasteiger partial charge on any atom is -0.465 e. The Kier molecular flexibility index (Phi) is 2.37. The summed E-state index contributed by atoms with van der Waals surface area (Å²) in [6.07, 6.45) is 3.50. The Labute approximate surface area is 67.4 Å². The van der Waals surface area contributed by atoms with E-state index in [1.807, 2.05) is 0 Å². The molecule has 5 nitrogen and oxygen atoms in total. The number of carbonyl (C=O) groups excluding carboxylic acids is 1. The summed E-state index contributed by atoms with van der Waals surface area (Å²) in [5.74, 6) is -0.753. The van der Waals surface area contributed by atoms with E-state index < -0.39 is 10.8 Å². The molecule has 0 aromatic carbocycles. The topological polar surface area (TPSA) is 73.3 Å². The van der Waals surface area contributed by atoms with Gasteiger partial charge in [-0.05, 0) is 18.2 Å². The van der Waals surface area contributed by atoms with Crippen molar-refractivity contribution in [1.82, 2.24) is 0 Å². The molecule has 1 aromatic rings. The summed E-state index contributed by atoms with van der Waals surface area (Å²) in [4.78, 5) is 19.2. The van der Waals surface area contributed by atoms with Gasteiger partial charge < -0.3 is 4.42 Å². The molecule has 0 spiro atoms. The lowest BCUT2D eigenvalue weighted by Crippen LogP contribution is -2.06. The highest BCUT2D eigenvalue weighted by Crippen LogP contribution is 2.01. The van der Waals surface area contributed by atoms with Crippen molar-refractivity contribution < 1.29 is 14.1 Å². The van der Waals surface area contributed by atoms with Gasteiger partial charge in [-0.15, -0.1) is 0 Å². The smallest absolute Gasteiger partial charge is 0.465 e. The van der Waals surface area contributed by atoms with Crippen molar-refractivity contribution in [2.45, 2.75) is 0 Å². The van der Waals surface area contributed by atoms with E-state index in [0.717, 1.165) is 6.08 Å². The van der Waals surface area contributed by atoms with Crippen molar-refractivity contribution in [3.05, 3.63) is 40.3 Å². The predicted octanol–water partition coefficient (Wildman–Crippen LogP) is 1.10. The molecule has 1 heterocycles. The largest absolute Gasteiger partial charge is 0.469 e. The van der Waals surface area contributed by atoms with Crippen LogP contribution in [0, 0.1) is 10.1 Å². The first-order valence-electron chi connectivity index (χ1n) is 3.10. The van der Waals surface area contributed by atoms with Gasteiger partial charge in [-0.2, -0.15) is 0 Å². The van der Waals surface area contributed by atoms with Crippen molar-refractivity contribution >= 4 is 12.0 Å². The van der Waals surface area contributed by atoms with Crippen LogP contribution in [0.25, 0.3) is 6.08 Å². The Morgan fingerprint density at radius 3 is 2.92 bits per heavy atom. The van der Waals surface area contributed by atoms with Crippen molar-refractivity contribution in [2.24, 2.45) is 0 Å². The van der Waals surface area contributed by atoms with E-state index in [-0.39, 0.29) is 0 Å². The molecule has 0 N–H and O–H groups in total. The molecule has 62 valence electrons. The summed E-state index contributed by atoms with van der Waals surface area (Å²) < 4.78 is 4.80. The fraction of sp³-hybridized carbons (Fsp3) is 0. The number of hydrogen-bond donors (Lipinski definition) is 0. The molecule has 1 rings (SSSR count). The van der Waals surface area contributed by atoms with Crippen molar-refractivity contribution in [3.63, 3.8) is 0 Å². The third kappa shape index (κ3) is 2.05. The Morgan fingerprint density at radius 2 is 2.42 bits per heavy atom. The van der Waals surface area contributed by atoms with Gasteiger partial charge in [0.2, 0.25) is 0 Å². The molecule has 0 saturated carbocycles. The number of furan rings is 1. The summed E-state index contributed by atoms with van der Waals surface area (Å²) in [5, 5.41) is 9.83. The van der Waals surface area contributed by atoms with Gasteiger partial charge in [-0.3, -0.25) is 10.1 Å². The maximum Gasteiger partial charge on any atom is 0.469 e. The standard InChI is InChI=1S/C7H5NO4/c9-7(8(10)11)4-3-6-2-1-5-12-6/h1-5H. The minimum absolute atomic E-state index is 0.408. The second-order valence-electron chi connectivity index (χ2n) is 1.94. The first-order valence-corrected chi connectivity index (χ1v) is 3.10. The summed E-state index contributed by atoms with van der Waals surface area (Å²) in [7, 11) is 0. The lowest BCUT2D eigenvalue weighted by atomic mass is 10.4. The fourth-order valence-electron chi connectivity index (χ4n) is 0.600. The molecule has 0 aliphatic heterocycles. The van der Waals surface area contributed by atoms with Crippen LogP contribution in [0.3, 0.4) is 0 Å². The van der Waals surface area contributed by atoms with Crippen LogP contribution in [0.4, 0.5) is 0 Å². The van der Waals surface area contributed by atoms with E-state index in [2.05, 4.69) is 0 Å². The van der Waals surface area contributed by atoms with Crippen LogP contribution in [-0.4, -0.2) is 10.8 Å². The third-order valence-electron chi connectivity index (χ3n) is 1.11. The van der Waals surface area contributed by atoms with E-state index in [0.29, 0.717) is 5.76 Å². The van der Waals surface area contributed by atoms with Crippen LogP contribution in [-0.2, 0) is 4.79 Å². The zero-order valence-electron chi connectivity index (χ0n) is 5.97. The minimum atomic E-state index is -1.16. The molecule has 1 amide bonds. The van der Waals surface area contributed by atoms with Crippen LogP contribution < -0.4 is 0 Å². The quantitative estimate of drug-likeness (QED) is 0.375. The summed E-state index contributed by atoms with van der Waals surface area (Å²) >= 11 is 0. The van der Waals surface area contributed by atoms with Gasteiger partial charge in [-0.1, -0.05) is 0 Å². The zero-order valence-corrected chi connectivity index (χ0v) is 5.97. The van der Waals surface area contributed by atoms with E-state index in [4.69, 9.17) is 4.42 Å². The summed E-state index contributed by atoms with van der Waals surface area (Å²) in [6, 6.07) is 3.21. The van der Waals surface area contributed by atoms with Crippen LogP contribution in [0.1, 0.15) is 5.76 Å². The Balaban J connectivity index is 2.63. The van der Waals surface area contributed by atoms with Crippen LogP contribution in [0.2, 0.25) is 0 Å². The van der Waals surface area contributed by atoms with Crippen LogP contribution in [0.15, 0.2) is 28.9 Å².